The lowest BCUT2D eigenvalue weighted by Gasteiger charge is -2.29. The molecule has 2 amide bonds. The monoisotopic (exact) mass is 431 g/mol. The number of ether oxygens (including phenoxy) is 2. The maximum atomic E-state index is 12.6. The average molecular weight is 431 g/mol. The molecule has 1 N–H and O–H groups in total. The molecular formula is C25H25N3O4. The summed E-state index contributed by atoms with van der Waals surface area (Å²) in [6.45, 7) is 2.58. The van der Waals surface area contributed by atoms with Crippen LogP contribution in [0.25, 0.3) is 0 Å². The number of rotatable bonds is 8. The van der Waals surface area contributed by atoms with E-state index >= 15 is 0 Å². The molecule has 7 heteroatoms. The molecule has 0 radical (unpaired) electrons. The fraction of sp³-hybridized carbons (Fsp3) is 0.240. The van der Waals surface area contributed by atoms with E-state index in [0.29, 0.717) is 30.3 Å². The van der Waals surface area contributed by atoms with Gasteiger partial charge in [-0.05, 0) is 48.9 Å². The fourth-order valence-corrected chi connectivity index (χ4v) is 3.52. The lowest BCUT2D eigenvalue weighted by atomic mass is 10.1. The lowest BCUT2D eigenvalue weighted by Crippen LogP contribution is -2.41. The van der Waals surface area contributed by atoms with Crippen molar-refractivity contribution in [2.45, 2.75) is 26.0 Å². The molecule has 2 aromatic carbocycles. The van der Waals surface area contributed by atoms with Crippen molar-refractivity contribution in [1.82, 2.24) is 10.3 Å². The summed E-state index contributed by atoms with van der Waals surface area (Å²) in [5.41, 5.74) is 2.48. The van der Waals surface area contributed by atoms with Gasteiger partial charge in [-0.1, -0.05) is 30.3 Å². The molecule has 1 atom stereocenters. The molecule has 2 heterocycles. The summed E-state index contributed by atoms with van der Waals surface area (Å²) in [6.07, 6.45) is 1.93. The summed E-state index contributed by atoms with van der Waals surface area (Å²) >= 11 is 0. The molecule has 3 aromatic rings. The molecule has 0 saturated heterocycles. The Morgan fingerprint density at radius 2 is 2.00 bits per heavy atom. The first kappa shape index (κ1) is 21.4. The van der Waals surface area contributed by atoms with Gasteiger partial charge in [0, 0.05) is 19.2 Å². The quantitative estimate of drug-likeness (QED) is 0.589. The maximum absolute atomic E-state index is 12.6. The van der Waals surface area contributed by atoms with Crippen molar-refractivity contribution < 1.29 is 19.1 Å². The van der Waals surface area contributed by atoms with E-state index in [2.05, 4.69) is 10.3 Å². The van der Waals surface area contributed by atoms with Crippen LogP contribution in [0.2, 0.25) is 0 Å². The van der Waals surface area contributed by atoms with Crippen molar-refractivity contribution in [3.63, 3.8) is 0 Å². The van der Waals surface area contributed by atoms with Crippen molar-refractivity contribution in [3.05, 3.63) is 84.2 Å². The molecule has 1 unspecified atom stereocenters. The number of nitrogens with one attached hydrogen (secondary N) is 1. The third kappa shape index (κ3) is 5.24. The van der Waals surface area contributed by atoms with E-state index in [1.54, 1.807) is 11.1 Å². The van der Waals surface area contributed by atoms with Gasteiger partial charge in [0.25, 0.3) is 5.91 Å². The van der Waals surface area contributed by atoms with Crippen LogP contribution in [-0.4, -0.2) is 29.9 Å². The number of anilines is 1. The highest BCUT2D eigenvalue weighted by Gasteiger charge is 2.25. The van der Waals surface area contributed by atoms with Gasteiger partial charge in [0.2, 0.25) is 5.91 Å². The lowest BCUT2D eigenvalue weighted by molar-refractivity contribution is -0.122. The smallest absolute Gasteiger partial charge is 0.265 e. The van der Waals surface area contributed by atoms with E-state index in [1.807, 2.05) is 73.7 Å². The summed E-state index contributed by atoms with van der Waals surface area (Å²) in [4.78, 5) is 30.7. The second-order valence-corrected chi connectivity index (χ2v) is 7.52. The molecule has 0 bridgehead atoms. The maximum Gasteiger partial charge on any atom is 0.265 e. The molecular weight excluding hydrogens is 406 g/mol. The molecule has 0 saturated carbocycles. The van der Waals surface area contributed by atoms with E-state index in [0.717, 1.165) is 11.3 Å². The molecule has 4 rings (SSSR count). The molecule has 1 aliphatic heterocycles. The Balaban J connectivity index is 1.31. The third-order valence-corrected chi connectivity index (χ3v) is 5.22. The number of amides is 2. The number of para-hydroxylation sites is 2. The number of nitrogens with zero attached hydrogens (tertiary/aromatic N) is 2. The van der Waals surface area contributed by atoms with Crippen molar-refractivity contribution in [2.75, 3.05) is 18.1 Å². The van der Waals surface area contributed by atoms with E-state index in [9.17, 15) is 9.59 Å². The Morgan fingerprint density at radius 1 is 1.16 bits per heavy atom. The van der Waals surface area contributed by atoms with Crippen molar-refractivity contribution in [1.29, 1.82) is 0 Å². The number of benzene rings is 2. The van der Waals surface area contributed by atoms with Crippen molar-refractivity contribution in [3.8, 4) is 11.5 Å². The fourth-order valence-electron chi connectivity index (χ4n) is 3.52. The second-order valence-electron chi connectivity index (χ2n) is 7.52. The number of fused-ring (bicyclic) bond motifs is 1. The van der Waals surface area contributed by atoms with Crippen molar-refractivity contribution >= 4 is 17.5 Å². The summed E-state index contributed by atoms with van der Waals surface area (Å²) in [5, 5.41) is 3.00. The van der Waals surface area contributed by atoms with E-state index in [4.69, 9.17) is 9.47 Å². The van der Waals surface area contributed by atoms with Crippen LogP contribution in [0.1, 0.15) is 30.6 Å². The molecule has 1 aromatic heterocycles. The highest BCUT2D eigenvalue weighted by atomic mass is 16.5. The zero-order chi connectivity index (χ0) is 22.3. The van der Waals surface area contributed by atoms with Gasteiger partial charge < -0.3 is 19.7 Å². The van der Waals surface area contributed by atoms with Gasteiger partial charge in [0.15, 0.2) is 6.61 Å². The highest BCUT2D eigenvalue weighted by Crippen LogP contribution is 2.31. The first-order valence-electron chi connectivity index (χ1n) is 10.5. The molecule has 32 heavy (non-hydrogen) atoms. The largest absolute Gasteiger partial charge is 0.487 e. The van der Waals surface area contributed by atoms with Gasteiger partial charge in [0.1, 0.15) is 18.1 Å². The molecule has 0 aliphatic carbocycles. The van der Waals surface area contributed by atoms with Crippen LogP contribution >= 0.6 is 0 Å². The number of aromatic nitrogens is 1. The highest BCUT2D eigenvalue weighted by molar-refractivity contribution is 5.98. The predicted octanol–water partition coefficient (Wildman–Crippen LogP) is 3.65. The summed E-state index contributed by atoms with van der Waals surface area (Å²) < 4.78 is 11.3. The van der Waals surface area contributed by atoms with Crippen LogP contribution < -0.4 is 19.7 Å². The zero-order valence-electron chi connectivity index (χ0n) is 17.9. The van der Waals surface area contributed by atoms with Gasteiger partial charge >= 0.3 is 0 Å². The Labute approximate surface area is 187 Å². The van der Waals surface area contributed by atoms with Crippen LogP contribution in [0.4, 0.5) is 5.69 Å². The molecule has 164 valence electrons. The van der Waals surface area contributed by atoms with Crippen LogP contribution in [-0.2, 0) is 16.2 Å². The van der Waals surface area contributed by atoms with Gasteiger partial charge in [-0.15, -0.1) is 0 Å². The van der Waals surface area contributed by atoms with E-state index in [-0.39, 0.29) is 30.9 Å². The van der Waals surface area contributed by atoms with Crippen LogP contribution in [0, 0.1) is 0 Å². The first-order valence-corrected chi connectivity index (χ1v) is 10.5. The zero-order valence-corrected chi connectivity index (χ0v) is 17.9. The Bertz CT molecular complexity index is 1090. The minimum absolute atomic E-state index is 0.0136. The number of hydrogen-bond acceptors (Lipinski definition) is 5. The Morgan fingerprint density at radius 3 is 2.84 bits per heavy atom. The van der Waals surface area contributed by atoms with E-state index < -0.39 is 0 Å². The normalized spacial score (nSPS) is 13.7. The second kappa shape index (κ2) is 9.96. The number of carbonyl (C=O) groups is 2. The van der Waals surface area contributed by atoms with Gasteiger partial charge in [-0.2, -0.15) is 0 Å². The van der Waals surface area contributed by atoms with Crippen LogP contribution in [0.15, 0.2) is 72.9 Å². The van der Waals surface area contributed by atoms with E-state index in [1.165, 1.54) is 0 Å². The van der Waals surface area contributed by atoms with Crippen molar-refractivity contribution in [2.24, 2.45) is 0 Å². The minimum Gasteiger partial charge on any atom is -0.487 e. The number of pyridine rings is 1. The standard InChI is InChI=1S/C25H25N3O4/c1-18(19-7-6-9-21(15-19)31-16-20-8-4-5-13-26-20)27-24(29)12-14-28-22-10-2-3-11-23(22)32-17-25(28)30/h2-11,13,15,18H,12,14,16-17H2,1H3,(H,27,29). The Kier molecular flexibility index (Phi) is 6.65. The number of hydrogen-bond donors (Lipinski definition) is 1. The summed E-state index contributed by atoms with van der Waals surface area (Å²) in [6, 6.07) is 20.5. The number of carbonyl (C=O) groups excluding carboxylic acids is 2. The Hall–Kier alpha value is -3.87. The van der Waals surface area contributed by atoms with Gasteiger partial charge in [0.05, 0.1) is 17.4 Å². The summed E-state index contributed by atoms with van der Waals surface area (Å²) in [5.74, 6) is 1.09. The molecule has 7 nitrogen and oxygen atoms in total. The summed E-state index contributed by atoms with van der Waals surface area (Å²) in [7, 11) is 0. The third-order valence-electron chi connectivity index (χ3n) is 5.22. The minimum atomic E-state index is -0.200. The first-order chi connectivity index (χ1) is 15.6. The predicted molar refractivity (Wildman–Crippen MR) is 120 cm³/mol. The molecule has 0 spiro atoms. The van der Waals surface area contributed by atoms with Crippen LogP contribution in [0.5, 0.6) is 11.5 Å². The van der Waals surface area contributed by atoms with Gasteiger partial charge in [-0.3, -0.25) is 14.6 Å². The molecule has 1 aliphatic rings. The SMILES string of the molecule is CC(NC(=O)CCN1C(=O)COc2ccccc21)c1cccc(OCc2ccccn2)c1. The van der Waals surface area contributed by atoms with Gasteiger partial charge in [-0.25, -0.2) is 0 Å². The molecule has 0 fully saturated rings. The topological polar surface area (TPSA) is 80.8 Å². The average Bonchev–Trinajstić information content (AvgIpc) is 2.83. The van der Waals surface area contributed by atoms with Crippen LogP contribution in [0.3, 0.4) is 0 Å².